The number of urea groups is 1. The third-order valence-corrected chi connectivity index (χ3v) is 5.04. The van der Waals surface area contributed by atoms with Crippen LogP contribution in [0.1, 0.15) is 26.5 Å². The molecule has 0 fully saturated rings. The van der Waals surface area contributed by atoms with E-state index < -0.39 is 35.4 Å². The van der Waals surface area contributed by atoms with Gasteiger partial charge in [0.05, 0.1) is 21.3 Å². The van der Waals surface area contributed by atoms with Gasteiger partial charge < -0.3 is 10.6 Å². The highest BCUT2D eigenvalue weighted by molar-refractivity contribution is 6.38. The molecule has 184 valence electrons. The molecule has 3 rings (SSSR count). The number of nitrogens with one attached hydrogen (secondary N) is 4. The van der Waals surface area contributed by atoms with Crippen LogP contribution in [-0.4, -0.2) is 39.7 Å². The van der Waals surface area contributed by atoms with Crippen LogP contribution in [0.3, 0.4) is 0 Å². The summed E-state index contributed by atoms with van der Waals surface area (Å²) in [6.07, 6.45) is -3.65. The Bertz CT molecular complexity index is 1310. The number of pyridine rings is 1. The summed E-state index contributed by atoms with van der Waals surface area (Å²) in [6, 6.07) is 4.82. The van der Waals surface area contributed by atoms with E-state index in [0.717, 1.165) is 6.07 Å². The van der Waals surface area contributed by atoms with Crippen molar-refractivity contribution in [1.29, 1.82) is 0 Å². The average Bonchev–Trinajstić information content (AvgIpc) is 3.25. The third kappa shape index (κ3) is 5.93. The highest BCUT2D eigenvalue weighted by Gasteiger charge is 2.37. The van der Waals surface area contributed by atoms with Gasteiger partial charge in [0, 0.05) is 24.3 Å². The Morgan fingerprint density at radius 1 is 1.00 bits per heavy atom. The monoisotopic (exact) mass is 549 g/mol. The van der Waals surface area contributed by atoms with Crippen LogP contribution in [0, 0.1) is 0 Å². The van der Waals surface area contributed by atoms with Gasteiger partial charge >= 0.3 is 12.2 Å². The smallest absolute Gasteiger partial charge is 0.340 e. The molecule has 10 nitrogen and oxygen atoms in total. The van der Waals surface area contributed by atoms with Crippen molar-refractivity contribution in [2.45, 2.75) is 6.18 Å². The molecule has 0 aliphatic heterocycles. The number of carbonyl (C=O) groups is 3. The Kier molecular flexibility index (Phi) is 7.73. The van der Waals surface area contributed by atoms with Crippen LogP contribution in [0.2, 0.25) is 15.1 Å². The summed E-state index contributed by atoms with van der Waals surface area (Å²) in [5.74, 6) is -2.32. The summed E-state index contributed by atoms with van der Waals surface area (Å²) >= 11 is 18.1. The maximum absolute atomic E-state index is 13.4. The molecule has 0 aliphatic rings. The first-order valence-corrected chi connectivity index (χ1v) is 10.4. The van der Waals surface area contributed by atoms with E-state index in [4.69, 9.17) is 34.8 Å². The van der Waals surface area contributed by atoms with E-state index in [0.29, 0.717) is 10.7 Å². The molecule has 1 aromatic carbocycles. The van der Waals surface area contributed by atoms with E-state index in [-0.39, 0.29) is 32.1 Å². The van der Waals surface area contributed by atoms with E-state index in [1.54, 1.807) is 0 Å². The van der Waals surface area contributed by atoms with Crippen molar-refractivity contribution in [3.8, 4) is 5.82 Å². The number of amides is 4. The second-order valence-corrected chi connectivity index (χ2v) is 7.81. The van der Waals surface area contributed by atoms with Crippen molar-refractivity contribution in [3.05, 3.63) is 68.5 Å². The molecular formula is C19H13Cl3F3N7O3. The highest BCUT2D eigenvalue weighted by atomic mass is 35.5. The number of nitrogens with zero attached hydrogens (tertiary/aromatic N) is 3. The minimum Gasteiger partial charge on any atom is -0.340 e. The van der Waals surface area contributed by atoms with E-state index in [2.05, 4.69) is 26.1 Å². The first kappa shape index (κ1) is 26.1. The molecule has 0 spiro atoms. The number of halogens is 6. The van der Waals surface area contributed by atoms with Gasteiger partial charge in [-0.25, -0.2) is 19.9 Å². The van der Waals surface area contributed by atoms with E-state index >= 15 is 0 Å². The predicted octanol–water partition coefficient (Wildman–Crippen LogP) is 4.07. The number of aromatic nitrogens is 3. The van der Waals surface area contributed by atoms with E-state index in [9.17, 15) is 27.6 Å². The maximum Gasteiger partial charge on any atom is 0.435 e. The molecule has 0 aliphatic carbocycles. The Morgan fingerprint density at radius 3 is 2.34 bits per heavy atom. The normalized spacial score (nSPS) is 11.1. The van der Waals surface area contributed by atoms with Crippen molar-refractivity contribution >= 4 is 58.3 Å². The molecule has 2 heterocycles. The molecule has 4 N–H and O–H groups in total. The molecular weight excluding hydrogens is 538 g/mol. The number of anilines is 1. The van der Waals surface area contributed by atoms with Crippen molar-refractivity contribution in [2.75, 3.05) is 12.4 Å². The summed E-state index contributed by atoms with van der Waals surface area (Å²) in [7, 11) is 1.30. The fourth-order valence-electron chi connectivity index (χ4n) is 2.68. The molecule has 4 amide bonds. The number of hydrogen-bond donors (Lipinski definition) is 4. The summed E-state index contributed by atoms with van der Waals surface area (Å²) in [4.78, 5) is 40.9. The predicted molar refractivity (Wildman–Crippen MR) is 121 cm³/mol. The lowest BCUT2D eigenvalue weighted by atomic mass is 10.1. The minimum absolute atomic E-state index is 0.00255. The van der Waals surface area contributed by atoms with Crippen LogP contribution in [-0.2, 0) is 6.18 Å². The molecule has 0 bridgehead atoms. The topological polar surface area (TPSA) is 130 Å². The van der Waals surface area contributed by atoms with Crippen LogP contribution in [0.4, 0.5) is 23.7 Å². The first-order chi connectivity index (χ1) is 16.4. The lowest BCUT2D eigenvalue weighted by Crippen LogP contribution is -2.46. The highest BCUT2D eigenvalue weighted by Crippen LogP contribution is 2.33. The van der Waals surface area contributed by atoms with E-state index in [1.165, 1.54) is 31.4 Å². The zero-order valence-electron chi connectivity index (χ0n) is 17.3. The molecule has 0 saturated heterocycles. The minimum atomic E-state index is -4.89. The largest absolute Gasteiger partial charge is 0.435 e. The number of alkyl halides is 3. The SMILES string of the molecule is CNC(=O)NNC(=O)c1cc(Cl)cc(Cl)c1NC(=O)c1cc(C(F)(F)F)nn1-c1ncccc1Cl. The molecule has 0 atom stereocenters. The Morgan fingerprint density at radius 2 is 1.71 bits per heavy atom. The fourth-order valence-corrected chi connectivity index (χ4v) is 3.42. The summed E-state index contributed by atoms with van der Waals surface area (Å²) in [5.41, 5.74) is 1.49. The molecule has 0 radical (unpaired) electrons. The molecule has 16 heteroatoms. The standard InChI is InChI=1S/C19H13Cl3F3N7O3/c1-26-18(35)30-29-16(33)9-5-8(20)6-11(22)14(9)28-17(34)12-7-13(19(23,24)25)31-32(12)15-10(21)3-2-4-27-15/h2-7H,1H3,(H,28,34)(H,29,33)(H2,26,30,35). The van der Waals surface area contributed by atoms with Gasteiger partial charge in [-0.2, -0.15) is 18.3 Å². The van der Waals surface area contributed by atoms with Gasteiger partial charge in [-0.15, -0.1) is 0 Å². The molecule has 3 aromatic rings. The van der Waals surface area contributed by atoms with Crippen LogP contribution in [0.15, 0.2) is 36.5 Å². The molecule has 35 heavy (non-hydrogen) atoms. The van der Waals surface area contributed by atoms with Crippen LogP contribution in [0.25, 0.3) is 5.82 Å². The quantitative estimate of drug-likeness (QED) is 0.364. The summed E-state index contributed by atoms with van der Waals surface area (Å²) in [6.45, 7) is 0. The van der Waals surface area contributed by atoms with E-state index in [1.807, 2.05) is 5.43 Å². The van der Waals surface area contributed by atoms with Crippen molar-refractivity contribution in [1.82, 2.24) is 30.9 Å². The van der Waals surface area contributed by atoms with Gasteiger partial charge in [-0.05, 0) is 24.3 Å². The Hall–Kier alpha value is -3.55. The lowest BCUT2D eigenvalue weighted by molar-refractivity contribution is -0.141. The number of benzene rings is 1. The Labute approximate surface area is 209 Å². The van der Waals surface area contributed by atoms with Gasteiger partial charge in [0.1, 0.15) is 5.69 Å². The van der Waals surface area contributed by atoms with Gasteiger partial charge in [-0.1, -0.05) is 34.8 Å². The lowest BCUT2D eigenvalue weighted by Gasteiger charge is -2.15. The van der Waals surface area contributed by atoms with Gasteiger partial charge in [-0.3, -0.25) is 15.0 Å². The first-order valence-electron chi connectivity index (χ1n) is 9.29. The maximum atomic E-state index is 13.4. The summed E-state index contributed by atoms with van der Waals surface area (Å²) < 4.78 is 40.7. The molecule has 0 unspecified atom stereocenters. The molecule has 0 saturated carbocycles. The van der Waals surface area contributed by atoms with Crippen LogP contribution in [0.5, 0.6) is 0 Å². The Balaban J connectivity index is 2.04. The fraction of sp³-hybridized carbons (Fsp3) is 0.105. The number of hydrazine groups is 1. The number of hydrogen-bond acceptors (Lipinski definition) is 5. The zero-order chi connectivity index (χ0) is 25.9. The van der Waals surface area contributed by atoms with Crippen molar-refractivity contribution in [3.63, 3.8) is 0 Å². The number of rotatable bonds is 4. The number of carbonyl (C=O) groups excluding carboxylic acids is 3. The average molecular weight is 551 g/mol. The van der Waals surface area contributed by atoms with Gasteiger partial charge in [0.25, 0.3) is 11.8 Å². The van der Waals surface area contributed by atoms with Gasteiger partial charge in [0.15, 0.2) is 11.5 Å². The summed E-state index contributed by atoms with van der Waals surface area (Å²) in [5, 5.41) is 7.61. The van der Waals surface area contributed by atoms with Crippen LogP contribution < -0.4 is 21.5 Å². The third-order valence-electron chi connectivity index (χ3n) is 4.23. The van der Waals surface area contributed by atoms with Crippen molar-refractivity contribution < 1.29 is 27.6 Å². The second-order valence-electron chi connectivity index (χ2n) is 6.56. The molecule has 2 aromatic heterocycles. The van der Waals surface area contributed by atoms with Crippen molar-refractivity contribution in [2.24, 2.45) is 0 Å². The second kappa shape index (κ2) is 10.4. The van der Waals surface area contributed by atoms with Gasteiger partial charge in [0.2, 0.25) is 0 Å². The van der Waals surface area contributed by atoms with Crippen LogP contribution >= 0.6 is 34.8 Å². The zero-order valence-corrected chi connectivity index (χ0v) is 19.6.